The number of aryl methyl sites for hydroxylation is 2. The van der Waals surface area contributed by atoms with Gasteiger partial charge >= 0.3 is 12.0 Å². The lowest BCUT2D eigenvalue weighted by molar-refractivity contribution is -0.137. The number of anilines is 1. The Hall–Kier alpha value is -2.04. The first-order valence-electron chi connectivity index (χ1n) is 6.29. The molecular weight excluding hydrogens is 244 g/mol. The SMILES string of the molecule is CCCN(CC(=O)O)C(=O)Nc1cc(C)ccc1C. The fourth-order valence-electron chi connectivity index (χ4n) is 1.75. The predicted octanol–water partition coefficient (Wildman–Crippen LogP) is 2.63. The smallest absolute Gasteiger partial charge is 0.323 e. The lowest BCUT2D eigenvalue weighted by Gasteiger charge is -2.21. The number of aliphatic carboxylic acids is 1. The van der Waals surface area contributed by atoms with Crippen molar-refractivity contribution in [2.45, 2.75) is 27.2 Å². The van der Waals surface area contributed by atoms with Crippen LogP contribution in [0.3, 0.4) is 0 Å². The minimum atomic E-state index is -1.01. The third kappa shape index (κ3) is 4.62. The average Bonchev–Trinajstić information content (AvgIpc) is 2.32. The van der Waals surface area contributed by atoms with Crippen LogP contribution >= 0.6 is 0 Å². The molecule has 1 rings (SSSR count). The highest BCUT2D eigenvalue weighted by Crippen LogP contribution is 2.16. The lowest BCUT2D eigenvalue weighted by atomic mass is 10.1. The van der Waals surface area contributed by atoms with E-state index in [1.807, 2.05) is 39.0 Å². The zero-order valence-electron chi connectivity index (χ0n) is 11.6. The largest absolute Gasteiger partial charge is 0.480 e. The van der Waals surface area contributed by atoms with E-state index >= 15 is 0 Å². The second-order valence-electron chi connectivity index (χ2n) is 4.56. The number of carboxylic acids is 1. The highest BCUT2D eigenvalue weighted by atomic mass is 16.4. The van der Waals surface area contributed by atoms with E-state index in [0.717, 1.165) is 16.8 Å². The topological polar surface area (TPSA) is 69.6 Å². The van der Waals surface area contributed by atoms with Crippen LogP contribution < -0.4 is 5.32 Å². The molecule has 5 nitrogen and oxygen atoms in total. The fourth-order valence-corrected chi connectivity index (χ4v) is 1.75. The van der Waals surface area contributed by atoms with E-state index in [9.17, 15) is 9.59 Å². The van der Waals surface area contributed by atoms with Crippen molar-refractivity contribution in [1.82, 2.24) is 4.90 Å². The van der Waals surface area contributed by atoms with E-state index < -0.39 is 5.97 Å². The van der Waals surface area contributed by atoms with Gasteiger partial charge in [-0.15, -0.1) is 0 Å². The van der Waals surface area contributed by atoms with Gasteiger partial charge in [0.25, 0.3) is 0 Å². The van der Waals surface area contributed by atoms with Crippen LogP contribution in [0.1, 0.15) is 24.5 Å². The third-order valence-electron chi connectivity index (χ3n) is 2.74. The maximum absolute atomic E-state index is 12.1. The minimum Gasteiger partial charge on any atom is -0.480 e. The number of benzene rings is 1. The maximum Gasteiger partial charge on any atom is 0.323 e. The van der Waals surface area contributed by atoms with Crippen LogP contribution in [0.2, 0.25) is 0 Å². The lowest BCUT2D eigenvalue weighted by Crippen LogP contribution is -2.39. The Morgan fingerprint density at radius 3 is 2.58 bits per heavy atom. The van der Waals surface area contributed by atoms with Crippen LogP contribution in [0.15, 0.2) is 18.2 Å². The van der Waals surface area contributed by atoms with Gasteiger partial charge < -0.3 is 15.3 Å². The number of rotatable bonds is 5. The summed E-state index contributed by atoms with van der Waals surface area (Å²) in [7, 11) is 0. The molecule has 0 saturated heterocycles. The number of urea groups is 1. The second kappa shape index (κ2) is 6.78. The summed E-state index contributed by atoms with van der Waals surface area (Å²) < 4.78 is 0. The van der Waals surface area contributed by atoms with Crippen LogP contribution in [0, 0.1) is 13.8 Å². The molecule has 104 valence electrons. The molecule has 0 unspecified atom stereocenters. The molecule has 0 saturated carbocycles. The fraction of sp³-hybridized carbons (Fsp3) is 0.429. The Kier molecular flexibility index (Phi) is 5.36. The Balaban J connectivity index is 2.80. The number of carbonyl (C=O) groups is 2. The summed E-state index contributed by atoms with van der Waals surface area (Å²) >= 11 is 0. The summed E-state index contributed by atoms with van der Waals surface area (Å²) in [5.74, 6) is -1.01. The van der Waals surface area contributed by atoms with Crippen molar-refractivity contribution in [2.75, 3.05) is 18.4 Å². The Bertz CT molecular complexity index is 472. The van der Waals surface area contributed by atoms with Crippen molar-refractivity contribution >= 4 is 17.7 Å². The molecule has 0 aliphatic carbocycles. The molecule has 2 amide bonds. The molecule has 0 bridgehead atoms. The van der Waals surface area contributed by atoms with Gasteiger partial charge in [0.1, 0.15) is 6.54 Å². The van der Waals surface area contributed by atoms with Gasteiger partial charge in [-0.1, -0.05) is 19.1 Å². The van der Waals surface area contributed by atoms with Crippen LogP contribution in [-0.4, -0.2) is 35.1 Å². The number of nitrogens with zero attached hydrogens (tertiary/aromatic N) is 1. The van der Waals surface area contributed by atoms with Crippen molar-refractivity contribution in [3.63, 3.8) is 0 Å². The third-order valence-corrected chi connectivity index (χ3v) is 2.74. The summed E-state index contributed by atoms with van der Waals surface area (Å²) in [6, 6.07) is 5.38. The van der Waals surface area contributed by atoms with E-state index in [-0.39, 0.29) is 12.6 Å². The van der Waals surface area contributed by atoms with Gasteiger partial charge in [-0.2, -0.15) is 0 Å². The molecular formula is C14H20N2O3. The van der Waals surface area contributed by atoms with E-state index in [2.05, 4.69) is 5.32 Å². The van der Waals surface area contributed by atoms with Crippen LogP contribution in [0.5, 0.6) is 0 Å². The average molecular weight is 264 g/mol. The molecule has 5 heteroatoms. The number of nitrogens with one attached hydrogen (secondary N) is 1. The number of hydrogen-bond acceptors (Lipinski definition) is 2. The van der Waals surface area contributed by atoms with Crippen molar-refractivity contribution < 1.29 is 14.7 Å². The maximum atomic E-state index is 12.1. The standard InChI is InChI=1S/C14H20N2O3/c1-4-7-16(9-13(17)18)14(19)15-12-8-10(2)5-6-11(12)3/h5-6,8H,4,7,9H2,1-3H3,(H,15,19)(H,17,18). The molecule has 0 spiro atoms. The molecule has 1 aromatic rings. The van der Waals surface area contributed by atoms with Crippen LogP contribution in [0.4, 0.5) is 10.5 Å². The molecule has 0 radical (unpaired) electrons. The number of carboxylic acid groups (broad SMARTS) is 1. The second-order valence-corrected chi connectivity index (χ2v) is 4.56. The molecule has 0 fully saturated rings. The number of amides is 2. The van der Waals surface area contributed by atoms with E-state index in [1.165, 1.54) is 4.90 Å². The van der Waals surface area contributed by atoms with Gasteiger partial charge in [0.15, 0.2) is 0 Å². The van der Waals surface area contributed by atoms with Gasteiger partial charge in [-0.25, -0.2) is 4.79 Å². The molecule has 0 aliphatic rings. The predicted molar refractivity (Wildman–Crippen MR) is 74.4 cm³/mol. The summed E-state index contributed by atoms with van der Waals surface area (Å²) in [5, 5.41) is 11.6. The number of carbonyl (C=O) groups excluding carboxylic acids is 1. The summed E-state index contributed by atoms with van der Waals surface area (Å²) in [6.45, 7) is 5.88. The van der Waals surface area contributed by atoms with Crippen LogP contribution in [0.25, 0.3) is 0 Å². The first-order chi connectivity index (χ1) is 8.93. The quantitative estimate of drug-likeness (QED) is 0.859. The molecule has 0 aromatic heterocycles. The van der Waals surface area contributed by atoms with Gasteiger partial charge in [-0.05, 0) is 37.5 Å². The highest BCUT2D eigenvalue weighted by molar-refractivity contribution is 5.92. The minimum absolute atomic E-state index is 0.287. The normalized spacial score (nSPS) is 10.1. The highest BCUT2D eigenvalue weighted by Gasteiger charge is 2.16. The van der Waals surface area contributed by atoms with Gasteiger partial charge in [0, 0.05) is 12.2 Å². The van der Waals surface area contributed by atoms with Crippen LogP contribution in [-0.2, 0) is 4.79 Å². The molecule has 1 aromatic carbocycles. The van der Waals surface area contributed by atoms with Gasteiger partial charge in [0.05, 0.1) is 0 Å². The van der Waals surface area contributed by atoms with Crippen molar-refractivity contribution in [3.05, 3.63) is 29.3 Å². The Morgan fingerprint density at radius 1 is 1.32 bits per heavy atom. The monoisotopic (exact) mass is 264 g/mol. The number of hydrogen-bond donors (Lipinski definition) is 2. The molecule has 0 aliphatic heterocycles. The van der Waals surface area contributed by atoms with Gasteiger partial charge in [0.2, 0.25) is 0 Å². The summed E-state index contributed by atoms with van der Waals surface area (Å²) in [4.78, 5) is 24.1. The molecule has 0 atom stereocenters. The first-order valence-corrected chi connectivity index (χ1v) is 6.29. The van der Waals surface area contributed by atoms with Crippen molar-refractivity contribution in [1.29, 1.82) is 0 Å². The molecule has 0 heterocycles. The van der Waals surface area contributed by atoms with E-state index in [4.69, 9.17) is 5.11 Å². The Morgan fingerprint density at radius 2 is 2.00 bits per heavy atom. The zero-order valence-corrected chi connectivity index (χ0v) is 11.6. The van der Waals surface area contributed by atoms with Crippen molar-refractivity contribution in [2.24, 2.45) is 0 Å². The van der Waals surface area contributed by atoms with Crippen molar-refractivity contribution in [3.8, 4) is 0 Å². The summed E-state index contributed by atoms with van der Waals surface area (Å²) in [6.07, 6.45) is 0.716. The van der Waals surface area contributed by atoms with Gasteiger partial charge in [-0.3, -0.25) is 4.79 Å². The molecule has 2 N–H and O–H groups in total. The summed E-state index contributed by atoms with van der Waals surface area (Å²) in [5.41, 5.74) is 2.71. The first kappa shape index (κ1) is 15.0. The molecule has 19 heavy (non-hydrogen) atoms. The van der Waals surface area contributed by atoms with E-state index in [0.29, 0.717) is 13.0 Å². The van der Waals surface area contributed by atoms with E-state index in [1.54, 1.807) is 0 Å². The Labute approximate surface area is 113 Å². The zero-order chi connectivity index (χ0) is 14.4.